The van der Waals surface area contributed by atoms with Crippen LogP contribution in [0.1, 0.15) is 56.6 Å². The van der Waals surface area contributed by atoms with E-state index in [-0.39, 0.29) is 6.61 Å². The van der Waals surface area contributed by atoms with Gasteiger partial charge in [0.25, 0.3) is 0 Å². The molecule has 0 aromatic heterocycles. The van der Waals surface area contributed by atoms with Gasteiger partial charge in [-0.25, -0.2) is 0 Å². The van der Waals surface area contributed by atoms with Crippen molar-refractivity contribution in [2.24, 2.45) is 23.2 Å². The maximum absolute atomic E-state index is 6.30. The standard InChI is InChI=1S/C27H32BrCl2NO2/c1-16(27-11-17-6-18(12-27)8-19(7-17)13-27)31-14-20-9-22(28)26(25(10-20)32-2)33-15-21-23(29)4-3-5-24(21)30/h3-5,9-10,16-19,31H,6-8,11-15H2,1-2H3. The van der Waals surface area contributed by atoms with Crippen molar-refractivity contribution in [3.63, 3.8) is 0 Å². The molecule has 4 saturated carbocycles. The van der Waals surface area contributed by atoms with Gasteiger partial charge >= 0.3 is 0 Å². The molecule has 4 bridgehead atoms. The number of nitrogens with one attached hydrogen (secondary N) is 1. The van der Waals surface area contributed by atoms with Crippen molar-refractivity contribution in [1.82, 2.24) is 5.32 Å². The average molecular weight is 553 g/mol. The molecule has 6 rings (SSSR count). The third-order valence-corrected chi connectivity index (χ3v) is 9.63. The van der Waals surface area contributed by atoms with E-state index >= 15 is 0 Å². The molecule has 33 heavy (non-hydrogen) atoms. The predicted molar refractivity (Wildman–Crippen MR) is 138 cm³/mol. The van der Waals surface area contributed by atoms with Crippen LogP contribution in [0, 0.1) is 23.2 Å². The minimum Gasteiger partial charge on any atom is -0.493 e. The lowest BCUT2D eigenvalue weighted by molar-refractivity contribution is -0.0706. The van der Waals surface area contributed by atoms with Gasteiger partial charge < -0.3 is 14.8 Å². The second kappa shape index (κ2) is 9.60. The second-order valence-electron chi connectivity index (χ2n) is 10.5. The SMILES string of the molecule is COc1cc(CNC(C)C23CC4CC(CC(C4)C2)C3)cc(Br)c1OCc1c(Cl)cccc1Cl. The monoisotopic (exact) mass is 551 g/mol. The quantitative estimate of drug-likeness (QED) is 0.359. The summed E-state index contributed by atoms with van der Waals surface area (Å²) in [6.45, 7) is 3.49. The highest BCUT2D eigenvalue weighted by Gasteiger charge is 2.52. The summed E-state index contributed by atoms with van der Waals surface area (Å²) < 4.78 is 12.6. The highest BCUT2D eigenvalue weighted by Crippen LogP contribution is 2.61. The van der Waals surface area contributed by atoms with E-state index in [4.69, 9.17) is 32.7 Å². The first-order valence-electron chi connectivity index (χ1n) is 12.0. The van der Waals surface area contributed by atoms with Crippen LogP contribution in [0.2, 0.25) is 10.0 Å². The maximum Gasteiger partial charge on any atom is 0.175 e. The van der Waals surface area contributed by atoms with Gasteiger partial charge in [0.15, 0.2) is 11.5 Å². The van der Waals surface area contributed by atoms with Crippen LogP contribution in [-0.2, 0) is 13.2 Å². The van der Waals surface area contributed by atoms with Gasteiger partial charge in [0.05, 0.1) is 11.6 Å². The first kappa shape index (κ1) is 23.8. The number of methoxy groups -OCH3 is 1. The second-order valence-corrected chi connectivity index (χ2v) is 12.1. The van der Waals surface area contributed by atoms with Crippen LogP contribution in [-0.4, -0.2) is 13.2 Å². The van der Waals surface area contributed by atoms with E-state index in [0.717, 1.165) is 34.3 Å². The smallest absolute Gasteiger partial charge is 0.175 e. The number of rotatable bonds is 8. The molecule has 178 valence electrons. The zero-order valence-electron chi connectivity index (χ0n) is 19.3. The number of ether oxygens (including phenoxy) is 2. The van der Waals surface area contributed by atoms with Crippen LogP contribution >= 0.6 is 39.1 Å². The topological polar surface area (TPSA) is 30.5 Å². The van der Waals surface area contributed by atoms with Crippen LogP contribution in [0.25, 0.3) is 0 Å². The molecule has 4 aliphatic rings. The summed E-state index contributed by atoms with van der Waals surface area (Å²) in [5.74, 6) is 4.27. The van der Waals surface area contributed by atoms with Crippen molar-refractivity contribution in [2.75, 3.05) is 7.11 Å². The van der Waals surface area contributed by atoms with Gasteiger partial charge in [-0.3, -0.25) is 0 Å². The Balaban J connectivity index is 1.26. The lowest BCUT2D eigenvalue weighted by Gasteiger charge is -2.59. The molecule has 1 N–H and O–H groups in total. The van der Waals surface area contributed by atoms with Crippen LogP contribution < -0.4 is 14.8 Å². The van der Waals surface area contributed by atoms with E-state index in [9.17, 15) is 0 Å². The summed E-state index contributed by atoms with van der Waals surface area (Å²) in [7, 11) is 1.67. The fourth-order valence-electron chi connectivity index (χ4n) is 7.03. The molecule has 0 saturated heterocycles. The van der Waals surface area contributed by atoms with Crippen LogP contribution in [0.3, 0.4) is 0 Å². The Bertz CT molecular complexity index is 972. The lowest BCUT2D eigenvalue weighted by atomic mass is 9.48. The molecule has 6 heteroatoms. The Morgan fingerprint density at radius 1 is 1.06 bits per heavy atom. The summed E-state index contributed by atoms with van der Waals surface area (Å²) in [6, 6.07) is 10.2. The Labute approximate surface area is 215 Å². The predicted octanol–water partition coefficient (Wildman–Crippen LogP) is 8.04. The normalized spacial score (nSPS) is 28.7. The van der Waals surface area contributed by atoms with Crippen molar-refractivity contribution >= 4 is 39.1 Å². The molecule has 0 amide bonds. The fraction of sp³-hybridized carbons (Fsp3) is 0.556. The molecule has 0 radical (unpaired) electrons. The maximum atomic E-state index is 6.30. The summed E-state index contributed by atoms with van der Waals surface area (Å²) in [5.41, 5.74) is 2.44. The Morgan fingerprint density at radius 2 is 1.67 bits per heavy atom. The zero-order valence-corrected chi connectivity index (χ0v) is 22.4. The highest BCUT2D eigenvalue weighted by molar-refractivity contribution is 9.10. The van der Waals surface area contributed by atoms with Gasteiger partial charge in [0, 0.05) is 28.2 Å². The molecule has 0 aliphatic heterocycles. The molecular formula is C27H32BrCl2NO2. The number of hydrogen-bond acceptors (Lipinski definition) is 3. The van der Waals surface area contributed by atoms with Gasteiger partial charge in [-0.05, 0) is 114 Å². The average Bonchev–Trinajstić information content (AvgIpc) is 2.77. The van der Waals surface area contributed by atoms with Crippen LogP contribution in [0.15, 0.2) is 34.8 Å². The van der Waals surface area contributed by atoms with E-state index in [2.05, 4.69) is 40.3 Å². The molecule has 0 heterocycles. The minimum atomic E-state index is 0.272. The molecular weight excluding hydrogens is 521 g/mol. The summed E-state index contributed by atoms with van der Waals surface area (Å²) in [6.07, 6.45) is 8.69. The fourth-order valence-corrected chi connectivity index (χ4v) is 8.14. The van der Waals surface area contributed by atoms with Gasteiger partial charge in [0.1, 0.15) is 6.61 Å². The molecule has 1 atom stereocenters. The molecule has 2 aromatic rings. The van der Waals surface area contributed by atoms with Gasteiger partial charge in [0.2, 0.25) is 0 Å². The van der Waals surface area contributed by atoms with Gasteiger partial charge in [-0.1, -0.05) is 29.3 Å². The Hall–Kier alpha value is -0.940. The largest absolute Gasteiger partial charge is 0.493 e. The van der Waals surface area contributed by atoms with Gasteiger partial charge in [-0.2, -0.15) is 0 Å². The van der Waals surface area contributed by atoms with Gasteiger partial charge in [-0.15, -0.1) is 0 Å². The Kier molecular flexibility index (Phi) is 6.92. The zero-order chi connectivity index (χ0) is 23.2. The highest BCUT2D eigenvalue weighted by atomic mass is 79.9. The summed E-state index contributed by atoms with van der Waals surface area (Å²) in [5, 5.41) is 5.06. The molecule has 2 aromatic carbocycles. The van der Waals surface area contributed by atoms with E-state index in [1.807, 2.05) is 18.2 Å². The summed E-state index contributed by atoms with van der Waals surface area (Å²) >= 11 is 16.3. The van der Waals surface area contributed by atoms with Crippen molar-refractivity contribution in [3.05, 3.63) is 56.0 Å². The molecule has 1 unspecified atom stereocenters. The minimum absolute atomic E-state index is 0.272. The van der Waals surface area contributed by atoms with Crippen LogP contribution in [0.5, 0.6) is 11.5 Å². The van der Waals surface area contributed by atoms with Crippen molar-refractivity contribution in [3.8, 4) is 11.5 Å². The van der Waals surface area contributed by atoms with E-state index < -0.39 is 0 Å². The van der Waals surface area contributed by atoms with Crippen molar-refractivity contribution in [2.45, 2.75) is 64.6 Å². The molecule has 4 aliphatic carbocycles. The van der Waals surface area contributed by atoms with E-state index in [0.29, 0.717) is 33.0 Å². The molecule has 0 spiro atoms. The number of hydrogen-bond donors (Lipinski definition) is 1. The van der Waals surface area contributed by atoms with E-state index in [1.165, 1.54) is 44.1 Å². The Morgan fingerprint density at radius 3 is 2.24 bits per heavy atom. The van der Waals surface area contributed by atoms with Crippen molar-refractivity contribution < 1.29 is 9.47 Å². The molecule has 3 nitrogen and oxygen atoms in total. The van der Waals surface area contributed by atoms with E-state index in [1.54, 1.807) is 7.11 Å². The lowest BCUT2D eigenvalue weighted by Crippen LogP contribution is -2.54. The third kappa shape index (κ3) is 4.78. The molecule has 4 fully saturated rings. The first-order valence-corrected chi connectivity index (χ1v) is 13.6. The first-order chi connectivity index (χ1) is 15.9. The van der Waals surface area contributed by atoms with Crippen LogP contribution in [0.4, 0.5) is 0 Å². The van der Waals surface area contributed by atoms with Crippen molar-refractivity contribution in [1.29, 1.82) is 0 Å². The third-order valence-electron chi connectivity index (χ3n) is 8.33. The summed E-state index contributed by atoms with van der Waals surface area (Å²) in [4.78, 5) is 0. The number of benzene rings is 2. The number of halogens is 3.